The predicted octanol–water partition coefficient (Wildman–Crippen LogP) is 2.03. The van der Waals surface area contributed by atoms with Gasteiger partial charge in [0.15, 0.2) is 0 Å². The van der Waals surface area contributed by atoms with E-state index in [1.165, 1.54) is 23.1 Å². The number of halogens is 1. The summed E-state index contributed by atoms with van der Waals surface area (Å²) in [4.78, 5) is 16.1. The van der Waals surface area contributed by atoms with Crippen molar-refractivity contribution in [2.75, 3.05) is 17.2 Å². The van der Waals surface area contributed by atoms with Crippen LogP contribution >= 0.6 is 0 Å². The fourth-order valence-corrected chi connectivity index (χ4v) is 1.72. The lowest BCUT2D eigenvalue weighted by molar-refractivity contribution is 0.102. The normalized spacial score (nSPS) is 10.3. The van der Waals surface area contributed by atoms with E-state index in [1.807, 2.05) is 6.92 Å². The van der Waals surface area contributed by atoms with Gasteiger partial charge in [0.1, 0.15) is 12.1 Å². The number of carbonyl (C=O) groups excluding carboxylic acids is 1. The van der Waals surface area contributed by atoms with Crippen LogP contribution in [0.2, 0.25) is 0 Å². The van der Waals surface area contributed by atoms with Crippen LogP contribution in [0.25, 0.3) is 0 Å². The Bertz CT molecular complexity index is 611. The fraction of sp³-hybridized carbons (Fsp3) is 0.308. The number of aromatic nitrogens is 3. The van der Waals surface area contributed by atoms with Gasteiger partial charge < -0.3 is 5.32 Å². The number of aryl methyl sites for hydroxylation is 1. The molecule has 0 aliphatic heterocycles. The highest BCUT2D eigenvalue weighted by atomic mass is 19.1. The first kappa shape index (κ1) is 14.0. The Morgan fingerprint density at radius 3 is 2.90 bits per heavy atom. The molecule has 6 nitrogen and oxygen atoms in total. The van der Waals surface area contributed by atoms with E-state index in [0.29, 0.717) is 12.5 Å². The molecular formula is C13H16FN5O. The van der Waals surface area contributed by atoms with Crippen LogP contribution in [-0.4, -0.2) is 27.2 Å². The third-order valence-electron chi connectivity index (χ3n) is 2.75. The Hall–Kier alpha value is -2.44. The lowest BCUT2D eigenvalue weighted by Gasteiger charge is -2.12. The lowest BCUT2D eigenvalue weighted by Crippen LogP contribution is -2.18. The Morgan fingerprint density at radius 2 is 2.25 bits per heavy atom. The molecule has 7 heteroatoms. The summed E-state index contributed by atoms with van der Waals surface area (Å²) >= 11 is 0. The zero-order chi connectivity index (χ0) is 14.5. The fourth-order valence-electron chi connectivity index (χ4n) is 1.72. The van der Waals surface area contributed by atoms with Crippen LogP contribution < -0.4 is 10.6 Å². The minimum atomic E-state index is -0.455. The van der Waals surface area contributed by atoms with Gasteiger partial charge in [-0.15, -0.1) is 0 Å². The predicted molar refractivity (Wildman–Crippen MR) is 74.1 cm³/mol. The molecule has 0 unspecified atom stereocenters. The summed E-state index contributed by atoms with van der Waals surface area (Å²) in [6.45, 7) is 2.55. The summed E-state index contributed by atoms with van der Waals surface area (Å²) in [6.07, 6.45) is 2.16. The van der Waals surface area contributed by atoms with Gasteiger partial charge in [-0.1, -0.05) is 13.0 Å². The molecule has 0 aliphatic carbocycles. The first-order valence-electron chi connectivity index (χ1n) is 6.31. The van der Waals surface area contributed by atoms with Gasteiger partial charge >= 0.3 is 0 Å². The quantitative estimate of drug-likeness (QED) is 0.877. The van der Waals surface area contributed by atoms with E-state index in [2.05, 4.69) is 20.7 Å². The van der Waals surface area contributed by atoms with E-state index in [-0.39, 0.29) is 11.3 Å². The topological polar surface area (TPSA) is 71.8 Å². The van der Waals surface area contributed by atoms with Crippen LogP contribution in [0.3, 0.4) is 0 Å². The Balaban J connectivity index is 2.25. The molecule has 0 radical (unpaired) electrons. The van der Waals surface area contributed by atoms with Gasteiger partial charge in [0, 0.05) is 13.6 Å². The van der Waals surface area contributed by atoms with Crippen molar-refractivity contribution in [2.24, 2.45) is 7.05 Å². The monoisotopic (exact) mass is 277 g/mol. The lowest BCUT2D eigenvalue weighted by atomic mass is 10.1. The summed E-state index contributed by atoms with van der Waals surface area (Å²) in [5.41, 5.74) is 0.440. The Labute approximate surface area is 116 Å². The van der Waals surface area contributed by atoms with E-state index >= 15 is 0 Å². The zero-order valence-corrected chi connectivity index (χ0v) is 11.4. The summed E-state index contributed by atoms with van der Waals surface area (Å²) < 4.78 is 15.2. The number of amides is 1. The Morgan fingerprint density at radius 1 is 1.45 bits per heavy atom. The molecule has 0 saturated heterocycles. The van der Waals surface area contributed by atoms with Gasteiger partial charge in [0.2, 0.25) is 5.95 Å². The van der Waals surface area contributed by atoms with Crippen LogP contribution in [0.1, 0.15) is 23.7 Å². The zero-order valence-electron chi connectivity index (χ0n) is 11.4. The van der Waals surface area contributed by atoms with E-state index in [1.54, 1.807) is 13.1 Å². The molecule has 2 N–H and O–H groups in total. The highest BCUT2D eigenvalue weighted by Gasteiger charge is 2.16. The molecule has 2 aromatic rings. The number of benzene rings is 1. The molecule has 0 bridgehead atoms. The molecule has 20 heavy (non-hydrogen) atoms. The highest BCUT2D eigenvalue weighted by molar-refractivity contribution is 6.07. The maximum atomic E-state index is 13.8. The van der Waals surface area contributed by atoms with Crippen LogP contribution in [0.4, 0.5) is 16.0 Å². The smallest absolute Gasteiger partial charge is 0.260 e. The molecule has 1 aromatic carbocycles. The van der Waals surface area contributed by atoms with Gasteiger partial charge in [0.25, 0.3) is 5.91 Å². The van der Waals surface area contributed by atoms with E-state index in [0.717, 1.165) is 6.42 Å². The number of anilines is 2. The number of carbonyl (C=O) groups is 1. The molecule has 106 valence electrons. The molecule has 0 saturated carbocycles. The molecule has 0 fully saturated rings. The minimum Gasteiger partial charge on any atom is -0.382 e. The number of nitrogens with zero attached hydrogens (tertiary/aromatic N) is 3. The average Bonchev–Trinajstić information content (AvgIpc) is 2.82. The van der Waals surface area contributed by atoms with Crippen molar-refractivity contribution in [3.05, 3.63) is 35.9 Å². The number of para-hydroxylation sites is 1. The number of rotatable bonds is 5. The summed E-state index contributed by atoms with van der Waals surface area (Å²) in [7, 11) is 1.66. The molecule has 0 spiro atoms. The van der Waals surface area contributed by atoms with Crippen molar-refractivity contribution in [3.8, 4) is 0 Å². The van der Waals surface area contributed by atoms with Gasteiger partial charge in [0.05, 0.1) is 11.3 Å². The van der Waals surface area contributed by atoms with Gasteiger partial charge in [-0.25, -0.2) is 9.07 Å². The van der Waals surface area contributed by atoms with Crippen molar-refractivity contribution in [2.45, 2.75) is 13.3 Å². The number of nitrogens with one attached hydrogen (secondary N) is 2. The molecule has 1 amide bonds. The highest BCUT2D eigenvalue weighted by Crippen LogP contribution is 2.20. The molecule has 0 atom stereocenters. The maximum Gasteiger partial charge on any atom is 0.260 e. The van der Waals surface area contributed by atoms with E-state index in [9.17, 15) is 9.18 Å². The van der Waals surface area contributed by atoms with Crippen molar-refractivity contribution in [1.29, 1.82) is 0 Å². The van der Waals surface area contributed by atoms with E-state index in [4.69, 9.17) is 0 Å². The van der Waals surface area contributed by atoms with Crippen LogP contribution in [0, 0.1) is 5.82 Å². The van der Waals surface area contributed by atoms with E-state index < -0.39 is 11.7 Å². The SMILES string of the molecule is CCCNc1c(F)cccc1C(=O)Nc1ncnn1C. The molecular weight excluding hydrogens is 261 g/mol. The van der Waals surface area contributed by atoms with Crippen LogP contribution in [0.5, 0.6) is 0 Å². The second-order valence-corrected chi connectivity index (χ2v) is 4.25. The second kappa shape index (κ2) is 6.14. The van der Waals surface area contributed by atoms with Gasteiger partial charge in [-0.2, -0.15) is 10.1 Å². The summed E-state index contributed by atoms with van der Waals surface area (Å²) in [5, 5.41) is 9.38. The van der Waals surface area contributed by atoms with Crippen molar-refractivity contribution in [1.82, 2.24) is 14.8 Å². The number of hydrogen-bond acceptors (Lipinski definition) is 4. The van der Waals surface area contributed by atoms with Gasteiger partial charge in [-0.3, -0.25) is 10.1 Å². The van der Waals surface area contributed by atoms with Crippen molar-refractivity contribution in [3.63, 3.8) is 0 Å². The molecule has 2 rings (SSSR count). The van der Waals surface area contributed by atoms with Crippen molar-refractivity contribution >= 4 is 17.5 Å². The second-order valence-electron chi connectivity index (χ2n) is 4.25. The Kier molecular flexibility index (Phi) is 4.29. The van der Waals surface area contributed by atoms with Crippen LogP contribution in [-0.2, 0) is 7.05 Å². The number of hydrogen-bond donors (Lipinski definition) is 2. The first-order valence-corrected chi connectivity index (χ1v) is 6.31. The molecule has 1 aromatic heterocycles. The summed E-state index contributed by atoms with van der Waals surface area (Å²) in [6, 6.07) is 4.38. The third-order valence-corrected chi connectivity index (χ3v) is 2.75. The first-order chi connectivity index (χ1) is 9.63. The van der Waals surface area contributed by atoms with Crippen molar-refractivity contribution < 1.29 is 9.18 Å². The summed E-state index contributed by atoms with van der Waals surface area (Å²) in [5.74, 6) is -0.580. The average molecular weight is 277 g/mol. The standard InChI is InChI=1S/C13H16FN5O/c1-3-7-15-11-9(5-4-6-10(11)14)12(20)18-13-16-8-17-19(13)2/h4-6,8,15H,3,7H2,1-2H3,(H,16,17,18,20). The molecule has 0 aliphatic rings. The van der Waals surface area contributed by atoms with Gasteiger partial charge in [-0.05, 0) is 18.6 Å². The molecule has 1 heterocycles. The largest absolute Gasteiger partial charge is 0.382 e. The third kappa shape index (κ3) is 2.93. The maximum absolute atomic E-state index is 13.8. The minimum absolute atomic E-state index is 0.203. The van der Waals surface area contributed by atoms with Crippen LogP contribution in [0.15, 0.2) is 24.5 Å².